The monoisotopic (exact) mass is 643 g/mol. The van der Waals surface area contributed by atoms with Gasteiger partial charge in [-0.1, -0.05) is 0 Å². The molecule has 42 heavy (non-hydrogen) atoms. The minimum absolute atomic E-state index is 0.0114. The fourth-order valence-electron chi connectivity index (χ4n) is 5.82. The molecule has 0 unspecified atom stereocenters. The van der Waals surface area contributed by atoms with Crippen molar-refractivity contribution >= 4 is 14.6 Å². The number of rotatable bonds is 33. The van der Waals surface area contributed by atoms with E-state index in [9.17, 15) is 19.6 Å². The van der Waals surface area contributed by atoms with E-state index < -0.39 is 14.6 Å². The van der Waals surface area contributed by atoms with Crippen LogP contribution in [-0.2, 0) is 9.05 Å². The van der Waals surface area contributed by atoms with Crippen LogP contribution in [-0.4, -0.2) is 57.4 Å². The van der Waals surface area contributed by atoms with Gasteiger partial charge in [0.1, 0.15) is 0 Å². The fraction of sp³-hybridized carbons (Fsp3) is 1.00. The van der Waals surface area contributed by atoms with Gasteiger partial charge >= 0.3 is 263 Å². The van der Waals surface area contributed by atoms with Crippen LogP contribution in [0.25, 0.3) is 0 Å². The van der Waals surface area contributed by atoms with Gasteiger partial charge in [-0.2, -0.15) is 0 Å². The van der Waals surface area contributed by atoms with E-state index in [0.717, 1.165) is 77.0 Å². The Morgan fingerprint density at radius 1 is 0.310 bits per heavy atom. The van der Waals surface area contributed by atoms with Crippen LogP contribution in [0.5, 0.6) is 0 Å². The average Bonchev–Trinajstić information content (AvgIpc) is 2.95. The Kier molecular flexibility index (Phi) is 25.2. The summed E-state index contributed by atoms with van der Waals surface area (Å²) in [4.78, 5) is 46.2. The van der Waals surface area contributed by atoms with Crippen LogP contribution in [0.3, 0.4) is 0 Å². The molecule has 0 spiro atoms. The maximum absolute atomic E-state index is 11.6. The summed E-state index contributed by atoms with van der Waals surface area (Å²) in [6.45, 7) is 8.78. The number of hydrogen-bond acceptors (Lipinski definition) is 6. The molecule has 0 rings (SSSR count). The molecule has 0 aromatic rings. The Balaban J connectivity index is 5.08. The maximum atomic E-state index is 11.6. The molecule has 0 bridgehead atoms. The number of hydrogen-bond donors (Lipinski definition) is 4. The SMILES string of the molecule is CCCCCCCCP(O)(O)(CCCCCCCC)OCCOP(O)(O)(CCCCCCCC)CCCCCCCC. The summed E-state index contributed by atoms with van der Waals surface area (Å²) >= 11 is 0. The van der Waals surface area contributed by atoms with Gasteiger partial charge < -0.3 is 0 Å². The molecule has 8 heteroatoms. The molecule has 0 fully saturated rings. The van der Waals surface area contributed by atoms with Crippen LogP contribution >= 0.6 is 14.6 Å². The van der Waals surface area contributed by atoms with E-state index in [1.165, 1.54) is 77.0 Å². The summed E-state index contributed by atoms with van der Waals surface area (Å²) in [5, 5.41) is 0. The molecule has 0 atom stereocenters. The number of unbranched alkanes of at least 4 members (excludes halogenated alkanes) is 20. The zero-order valence-corrected chi connectivity index (χ0v) is 30.5. The van der Waals surface area contributed by atoms with Crippen molar-refractivity contribution in [3.05, 3.63) is 0 Å². The van der Waals surface area contributed by atoms with Crippen molar-refractivity contribution in [1.29, 1.82) is 0 Å². The molecule has 0 radical (unpaired) electrons. The van der Waals surface area contributed by atoms with Crippen molar-refractivity contribution < 1.29 is 28.6 Å². The van der Waals surface area contributed by atoms with Crippen molar-refractivity contribution in [2.75, 3.05) is 37.9 Å². The van der Waals surface area contributed by atoms with E-state index in [2.05, 4.69) is 27.7 Å². The first-order chi connectivity index (χ1) is 20.0. The Bertz CT molecular complexity index is 525. The molecule has 258 valence electrons. The molecule has 0 aliphatic carbocycles. The molecule has 0 heterocycles. The topological polar surface area (TPSA) is 99.4 Å². The molecule has 0 aliphatic heterocycles. The summed E-state index contributed by atoms with van der Waals surface area (Å²) in [5.41, 5.74) is 0. The summed E-state index contributed by atoms with van der Waals surface area (Å²) in [6, 6.07) is 0. The van der Waals surface area contributed by atoms with Gasteiger partial charge in [-0.05, 0) is 0 Å². The van der Waals surface area contributed by atoms with E-state index in [1.54, 1.807) is 0 Å². The van der Waals surface area contributed by atoms with Crippen LogP contribution in [0.15, 0.2) is 0 Å². The van der Waals surface area contributed by atoms with Crippen molar-refractivity contribution in [2.24, 2.45) is 0 Å². The Morgan fingerprint density at radius 2 is 0.500 bits per heavy atom. The first-order valence-electron chi connectivity index (χ1n) is 18.3. The van der Waals surface area contributed by atoms with Gasteiger partial charge in [-0.3, -0.25) is 0 Å². The van der Waals surface area contributed by atoms with Crippen molar-refractivity contribution in [1.82, 2.24) is 0 Å². The van der Waals surface area contributed by atoms with E-state index >= 15 is 0 Å². The van der Waals surface area contributed by atoms with Gasteiger partial charge in [0.05, 0.1) is 0 Å². The van der Waals surface area contributed by atoms with E-state index in [1.807, 2.05) is 0 Å². The Labute approximate surface area is 262 Å². The third kappa shape index (κ3) is 23.9. The Hall–Kier alpha value is 0.620. The molecule has 0 aromatic heterocycles. The molecule has 0 saturated carbocycles. The minimum atomic E-state index is -4.31. The summed E-state index contributed by atoms with van der Waals surface area (Å²) in [7, 11) is -8.63. The molecular formula is C34H76O6P2. The Morgan fingerprint density at radius 3 is 0.714 bits per heavy atom. The third-order valence-electron chi connectivity index (χ3n) is 8.71. The molecule has 0 amide bonds. The molecule has 0 saturated heterocycles. The van der Waals surface area contributed by atoms with Gasteiger partial charge in [0, 0.05) is 0 Å². The molecular weight excluding hydrogens is 566 g/mol. The normalized spacial score (nSPS) is 14.5. The van der Waals surface area contributed by atoms with Gasteiger partial charge in [-0.25, -0.2) is 0 Å². The summed E-state index contributed by atoms with van der Waals surface area (Å²) in [6.07, 6.45) is 27.0. The second-order valence-electron chi connectivity index (χ2n) is 13.2. The van der Waals surface area contributed by atoms with Crippen LogP contribution < -0.4 is 0 Å². The van der Waals surface area contributed by atoms with E-state index in [4.69, 9.17) is 9.05 Å². The van der Waals surface area contributed by atoms with Crippen LogP contribution in [0.4, 0.5) is 0 Å². The second-order valence-corrected chi connectivity index (χ2v) is 20.7. The predicted octanol–water partition coefficient (Wildman–Crippen LogP) is 11.0. The first kappa shape index (κ1) is 42.6. The fourth-order valence-corrected chi connectivity index (χ4v) is 11.2. The third-order valence-corrected chi connectivity index (χ3v) is 15.1. The molecule has 0 aromatic carbocycles. The quantitative estimate of drug-likeness (QED) is 0.0420. The van der Waals surface area contributed by atoms with Crippen LogP contribution in [0.2, 0.25) is 0 Å². The van der Waals surface area contributed by atoms with Gasteiger partial charge in [0.15, 0.2) is 0 Å². The van der Waals surface area contributed by atoms with Crippen LogP contribution in [0, 0.1) is 0 Å². The standard InChI is InChI=1S/C34H76O6P2/c1-5-9-13-17-21-25-31-41(35,36,32-26-22-18-14-10-6-2)39-29-30-40-42(37,38,33-27-23-19-15-11-7-3)34-28-24-20-16-12-8-4/h35-38H,5-34H2,1-4H3. The zero-order chi connectivity index (χ0) is 31.5. The predicted molar refractivity (Wildman–Crippen MR) is 188 cm³/mol. The van der Waals surface area contributed by atoms with E-state index in [-0.39, 0.29) is 13.2 Å². The average molecular weight is 643 g/mol. The van der Waals surface area contributed by atoms with Gasteiger partial charge in [0.2, 0.25) is 0 Å². The van der Waals surface area contributed by atoms with Crippen molar-refractivity contribution in [3.8, 4) is 0 Å². The second kappa shape index (κ2) is 24.8. The van der Waals surface area contributed by atoms with Gasteiger partial charge in [-0.15, -0.1) is 0 Å². The zero-order valence-electron chi connectivity index (χ0n) is 28.7. The summed E-state index contributed by atoms with van der Waals surface area (Å²) < 4.78 is 11.9. The molecule has 4 N–H and O–H groups in total. The van der Waals surface area contributed by atoms with Gasteiger partial charge in [0.25, 0.3) is 0 Å². The summed E-state index contributed by atoms with van der Waals surface area (Å²) in [5.74, 6) is 0. The molecule has 6 nitrogen and oxygen atoms in total. The van der Waals surface area contributed by atoms with Crippen molar-refractivity contribution in [3.63, 3.8) is 0 Å². The molecule has 0 aliphatic rings. The van der Waals surface area contributed by atoms with Crippen LogP contribution in [0.1, 0.15) is 182 Å². The van der Waals surface area contributed by atoms with Crippen molar-refractivity contribution in [2.45, 2.75) is 182 Å². The first-order valence-corrected chi connectivity index (χ1v) is 23.2. The van der Waals surface area contributed by atoms with E-state index in [0.29, 0.717) is 24.6 Å².